The molecular formula is C35H62N4O4+2. The molecule has 0 aromatic carbocycles. The Hall–Kier alpha value is -1.22. The van der Waals surface area contributed by atoms with Gasteiger partial charge in [0.05, 0.1) is 54.4 Å². The van der Waals surface area contributed by atoms with Crippen LogP contribution >= 0.6 is 0 Å². The van der Waals surface area contributed by atoms with Gasteiger partial charge in [-0.2, -0.15) is 0 Å². The van der Waals surface area contributed by atoms with Crippen LogP contribution in [0.5, 0.6) is 0 Å². The third kappa shape index (κ3) is 5.81. The van der Waals surface area contributed by atoms with Crippen molar-refractivity contribution in [2.45, 2.75) is 96.9 Å². The zero-order chi connectivity index (χ0) is 30.9. The van der Waals surface area contributed by atoms with Crippen LogP contribution in [-0.2, 0) is 19.1 Å². The van der Waals surface area contributed by atoms with Gasteiger partial charge in [0.25, 0.3) is 0 Å². The monoisotopic (exact) mass is 602 g/mol. The zero-order valence-electron chi connectivity index (χ0n) is 28.6. The molecule has 4 saturated carbocycles. The molecule has 0 radical (unpaired) electrons. The zero-order valence-corrected chi connectivity index (χ0v) is 28.6. The average molecular weight is 603 g/mol. The lowest BCUT2D eigenvalue weighted by Crippen LogP contribution is -2.64. The van der Waals surface area contributed by atoms with E-state index in [-0.39, 0.29) is 35.0 Å². The third-order valence-electron chi connectivity index (χ3n) is 14.1. The number of quaternary nitrogens is 2. The normalized spacial score (nSPS) is 46.2. The summed E-state index contributed by atoms with van der Waals surface area (Å²) in [5.74, 6) is 2.35. The molecule has 6 fully saturated rings. The number of esters is 2. The highest BCUT2D eigenvalue weighted by Gasteiger charge is 2.65. The standard InChI is InChI=1S/C35H62N4O4/c1-24(40)42-32-21-26-9-10-27-28(35(26,4)23-31(32)37-15-19-39(7,8)20-16-37)11-12-34(3)29(27)22-30(33(34)43-25(2)41)36-13-17-38(5,6)18-14-36/h26-33H,9-23H2,1-8H3/q+2/t26?,27?,28?,29?,30-,31-,32-,33-,34+,35+/m1/s1. The molecule has 0 aromatic heterocycles. The first-order valence-electron chi connectivity index (χ1n) is 17.6. The Kier molecular flexibility index (Phi) is 8.30. The first-order chi connectivity index (χ1) is 20.1. The fourth-order valence-corrected chi connectivity index (χ4v) is 11.4. The van der Waals surface area contributed by atoms with Gasteiger partial charge >= 0.3 is 11.9 Å². The van der Waals surface area contributed by atoms with Crippen LogP contribution in [-0.4, -0.2) is 136 Å². The third-order valence-corrected chi connectivity index (χ3v) is 14.1. The molecule has 4 unspecified atom stereocenters. The van der Waals surface area contributed by atoms with Crippen molar-refractivity contribution >= 4 is 11.9 Å². The number of hydrogen-bond donors (Lipinski definition) is 0. The van der Waals surface area contributed by atoms with E-state index in [1.807, 2.05) is 0 Å². The number of carbonyl (C=O) groups excluding carboxylic acids is 2. The van der Waals surface area contributed by atoms with Crippen molar-refractivity contribution in [3.05, 3.63) is 0 Å². The molecule has 43 heavy (non-hydrogen) atoms. The summed E-state index contributed by atoms with van der Waals surface area (Å²) >= 11 is 0. The molecule has 2 heterocycles. The maximum atomic E-state index is 12.5. The largest absolute Gasteiger partial charge is 0.461 e. The molecule has 4 aliphatic carbocycles. The van der Waals surface area contributed by atoms with Crippen LogP contribution in [0.3, 0.4) is 0 Å². The van der Waals surface area contributed by atoms with Crippen molar-refractivity contribution in [2.24, 2.45) is 34.5 Å². The van der Waals surface area contributed by atoms with Crippen LogP contribution in [0, 0.1) is 34.5 Å². The number of likely N-dealkylation sites (N-methyl/N-ethyl adjacent to an activating group) is 2. The summed E-state index contributed by atoms with van der Waals surface area (Å²) in [6, 6.07) is 0.656. The van der Waals surface area contributed by atoms with E-state index in [9.17, 15) is 9.59 Å². The molecule has 6 aliphatic rings. The second-order valence-corrected chi connectivity index (χ2v) is 17.5. The molecule has 8 heteroatoms. The van der Waals surface area contributed by atoms with E-state index in [0.29, 0.717) is 35.8 Å². The topological polar surface area (TPSA) is 59.1 Å². The van der Waals surface area contributed by atoms with Crippen LogP contribution in [0.4, 0.5) is 0 Å². The van der Waals surface area contributed by atoms with E-state index < -0.39 is 0 Å². The van der Waals surface area contributed by atoms with E-state index in [0.717, 1.165) is 80.6 Å². The van der Waals surface area contributed by atoms with Gasteiger partial charge in [0.2, 0.25) is 0 Å². The molecule has 0 amide bonds. The van der Waals surface area contributed by atoms with Crippen LogP contribution in [0.15, 0.2) is 0 Å². The molecule has 0 spiro atoms. The Morgan fingerprint density at radius 2 is 1.26 bits per heavy atom. The van der Waals surface area contributed by atoms with E-state index in [1.165, 1.54) is 25.7 Å². The van der Waals surface area contributed by atoms with Crippen molar-refractivity contribution in [3.8, 4) is 0 Å². The predicted octanol–water partition coefficient (Wildman–Crippen LogP) is 3.63. The Morgan fingerprint density at radius 3 is 1.81 bits per heavy atom. The van der Waals surface area contributed by atoms with Gasteiger partial charge in [0.1, 0.15) is 12.2 Å². The van der Waals surface area contributed by atoms with Crippen LogP contribution in [0.1, 0.15) is 72.6 Å². The van der Waals surface area contributed by atoms with Crippen molar-refractivity contribution < 1.29 is 28.0 Å². The first kappa shape index (κ1) is 31.7. The lowest BCUT2D eigenvalue weighted by Gasteiger charge is -2.62. The highest BCUT2D eigenvalue weighted by Crippen LogP contribution is 2.67. The number of carbonyl (C=O) groups is 2. The Morgan fingerprint density at radius 1 is 0.698 bits per heavy atom. The van der Waals surface area contributed by atoms with Crippen molar-refractivity contribution in [1.29, 1.82) is 0 Å². The second-order valence-electron chi connectivity index (χ2n) is 17.5. The molecule has 2 aliphatic heterocycles. The lowest BCUT2D eigenvalue weighted by atomic mass is 9.44. The predicted molar refractivity (Wildman–Crippen MR) is 168 cm³/mol. The summed E-state index contributed by atoms with van der Waals surface area (Å²) in [6.07, 6.45) is 8.22. The highest BCUT2D eigenvalue weighted by molar-refractivity contribution is 5.66. The summed E-state index contributed by atoms with van der Waals surface area (Å²) in [6.45, 7) is 17.3. The molecule has 10 atom stereocenters. The summed E-state index contributed by atoms with van der Waals surface area (Å²) in [7, 11) is 9.36. The van der Waals surface area contributed by atoms with E-state index >= 15 is 0 Å². The minimum atomic E-state index is -0.123. The number of piperazine rings is 2. The van der Waals surface area contributed by atoms with Gasteiger partial charge in [-0.25, -0.2) is 0 Å². The number of hydrogen-bond acceptors (Lipinski definition) is 6. The van der Waals surface area contributed by atoms with Gasteiger partial charge < -0.3 is 18.4 Å². The summed E-state index contributed by atoms with van der Waals surface area (Å²) in [5, 5.41) is 0. The minimum absolute atomic E-state index is 0.00234. The lowest BCUT2D eigenvalue weighted by molar-refractivity contribution is -0.894. The Balaban J connectivity index is 1.26. The molecule has 0 aromatic rings. The molecule has 244 valence electrons. The maximum Gasteiger partial charge on any atom is 0.302 e. The molecule has 8 nitrogen and oxygen atoms in total. The molecule has 6 rings (SSSR count). The van der Waals surface area contributed by atoms with Crippen molar-refractivity contribution in [3.63, 3.8) is 0 Å². The minimum Gasteiger partial charge on any atom is -0.461 e. The van der Waals surface area contributed by atoms with E-state index in [4.69, 9.17) is 9.47 Å². The van der Waals surface area contributed by atoms with Gasteiger partial charge in [-0.15, -0.1) is 0 Å². The number of nitrogens with zero attached hydrogens (tertiary/aromatic N) is 4. The fraction of sp³-hybridized carbons (Fsp3) is 0.943. The Bertz CT molecular complexity index is 1060. The number of rotatable bonds is 4. The van der Waals surface area contributed by atoms with Crippen molar-refractivity contribution in [1.82, 2.24) is 9.80 Å². The van der Waals surface area contributed by atoms with Gasteiger partial charge in [0, 0.05) is 57.5 Å². The van der Waals surface area contributed by atoms with E-state index in [1.54, 1.807) is 13.8 Å². The SMILES string of the molecule is CC(=O)O[C@@H]1[C@H](N2CC[N+](C)(C)CC2)CC2C3CCC4C[C@@H](OC(C)=O)[C@H](N5CC[N+](C)(C)CC5)C[C@]4(C)C3CC[C@@]21C. The van der Waals surface area contributed by atoms with Gasteiger partial charge in [-0.05, 0) is 74.0 Å². The molecule has 0 N–H and O–H groups in total. The smallest absolute Gasteiger partial charge is 0.302 e. The first-order valence-corrected chi connectivity index (χ1v) is 17.6. The van der Waals surface area contributed by atoms with Crippen LogP contribution in [0.2, 0.25) is 0 Å². The Labute approximate surface area is 261 Å². The summed E-state index contributed by atoms with van der Waals surface area (Å²) < 4.78 is 14.6. The fourth-order valence-electron chi connectivity index (χ4n) is 11.4. The second kappa shape index (κ2) is 11.2. The van der Waals surface area contributed by atoms with Gasteiger partial charge in [-0.3, -0.25) is 19.4 Å². The maximum absolute atomic E-state index is 12.5. The number of ether oxygens (including phenoxy) is 2. The van der Waals surface area contributed by atoms with Gasteiger partial charge in [-0.1, -0.05) is 13.8 Å². The molecular weight excluding hydrogens is 540 g/mol. The average Bonchev–Trinajstić information content (AvgIpc) is 3.20. The highest BCUT2D eigenvalue weighted by atomic mass is 16.5. The summed E-state index contributed by atoms with van der Waals surface area (Å²) in [5.41, 5.74) is 0.308. The van der Waals surface area contributed by atoms with Crippen LogP contribution in [0.25, 0.3) is 0 Å². The van der Waals surface area contributed by atoms with E-state index in [2.05, 4.69) is 51.8 Å². The summed E-state index contributed by atoms with van der Waals surface area (Å²) in [4.78, 5) is 30.2. The number of fused-ring (bicyclic) bond motifs is 5. The van der Waals surface area contributed by atoms with Gasteiger partial charge in [0.15, 0.2) is 0 Å². The molecule has 2 saturated heterocycles. The quantitative estimate of drug-likeness (QED) is 0.362. The van der Waals surface area contributed by atoms with Crippen molar-refractivity contribution in [2.75, 3.05) is 80.5 Å². The van der Waals surface area contributed by atoms with Crippen LogP contribution < -0.4 is 0 Å². The molecule has 0 bridgehead atoms.